The number of aromatic nitrogens is 1. The van der Waals surface area contributed by atoms with Crippen molar-refractivity contribution in [2.75, 3.05) is 19.6 Å². The van der Waals surface area contributed by atoms with Gasteiger partial charge >= 0.3 is 0 Å². The van der Waals surface area contributed by atoms with E-state index in [9.17, 15) is 0 Å². The second-order valence-corrected chi connectivity index (χ2v) is 34.4. The summed E-state index contributed by atoms with van der Waals surface area (Å²) in [5.41, 5.74) is 31.1. The Hall–Kier alpha value is -16.1. The van der Waals surface area contributed by atoms with Crippen LogP contribution in [-0.4, -0.2) is 4.98 Å². The number of rotatable bonds is 14. The van der Waals surface area contributed by atoms with E-state index in [0.29, 0.717) is 0 Å². The lowest BCUT2D eigenvalue weighted by atomic mass is 9.82. The Bertz CT molecular complexity index is 7860. The van der Waals surface area contributed by atoms with E-state index in [0.717, 1.165) is 136 Å². The summed E-state index contributed by atoms with van der Waals surface area (Å²) in [6, 6.07) is 149. The quantitative estimate of drug-likeness (QED) is 0.101. The fraction of sp³-hybridized carbons (Fsp3) is 0.0583. The summed E-state index contributed by atoms with van der Waals surface area (Å²) < 4.78 is 14.1. The van der Waals surface area contributed by atoms with E-state index >= 15 is 0 Å². The molecule has 127 heavy (non-hydrogen) atoms. The van der Waals surface area contributed by atoms with E-state index in [1.54, 1.807) is 0 Å². The number of hydrogen-bond donors (Lipinski definition) is 0. The van der Waals surface area contributed by atoms with Crippen LogP contribution in [-0.2, 0) is 5.41 Å². The van der Waals surface area contributed by atoms with Crippen LogP contribution in [0.25, 0.3) is 120 Å². The van der Waals surface area contributed by atoms with Crippen molar-refractivity contribution in [2.45, 2.75) is 47.0 Å². The van der Waals surface area contributed by atoms with Gasteiger partial charge in [0.15, 0.2) is 0 Å². The number of aryl methyl sites for hydroxylation is 4. The van der Waals surface area contributed by atoms with Gasteiger partial charge in [-0.3, -0.25) is 4.90 Å². The molecule has 7 nitrogen and oxygen atoms in total. The lowest BCUT2D eigenvalue weighted by molar-refractivity contribution is 0.486. The summed E-state index contributed by atoms with van der Waals surface area (Å²) in [5.74, 6) is 4.25. The minimum Gasteiger partial charge on any atom is -0.456 e. The molecule has 24 rings (SSSR count). The van der Waals surface area contributed by atoms with E-state index in [-0.39, 0.29) is 5.41 Å². The Balaban J connectivity index is 0.000000147. The number of hydrogen-bond acceptors (Lipinski definition) is 7. The zero-order chi connectivity index (χ0) is 85.1. The summed E-state index contributed by atoms with van der Waals surface area (Å²) in [7, 11) is 0. The predicted molar refractivity (Wildman–Crippen MR) is 533 cm³/mol. The molecule has 3 aliphatic rings. The highest BCUT2D eigenvalue weighted by molar-refractivity contribution is 6.28. The molecule has 2 aliphatic heterocycles. The number of pyridine rings is 1. The summed E-state index contributed by atoms with van der Waals surface area (Å²) in [5, 5.41) is 14.4. The van der Waals surface area contributed by atoms with Crippen LogP contribution in [0, 0.1) is 27.7 Å². The molecular formula is C120H87N5O2. The van der Waals surface area contributed by atoms with Crippen LogP contribution in [0.15, 0.2) is 419 Å². The second-order valence-electron chi connectivity index (χ2n) is 34.4. The van der Waals surface area contributed by atoms with E-state index < -0.39 is 0 Å². The van der Waals surface area contributed by atoms with Crippen molar-refractivity contribution in [3.63, 3.8) is 0 Å². The van der Waals surface area contributed by atoms with E-state index in [1.165, 1.54) is 109 Å². The number of para-hydroxylation sites is 6. The molecule has 0 fully saturated rings. The Morgan fingerprint density at radius 2 is 0.598 bits per heavy atom. The van der Waals surface area contributed by atoms with Gasteiger partial charge < -0.3 is 24.2 Å². The number of nitrogens with zero attached hydrogens (tertiary/aromatic N) is 5. The molecule has 0 amide bonds. The maximum atomic E-state index is 7.11. The SMILES string of the molecule is Cc1ccc2c(-c3ccc(N(c4ccccc4)c4ccccc4)cc3)cc3c4cc(C)cc5c4c(cc3c2c1)-c1ccc(N(c2ccccc2)c2ccccc2)cc1O5.Cc1ccc2c(N(c3ccccc3)c3ccc4c(c3)C(C)(C)c3ccccc3-4)cc3c4cc(C)cc5c4c(cc3c2c1)-c1ccc(N(c2ccccn2)c2ccccc2-c2ccccc2)cc1O5. The first-order valence-corrected chi connectivity index (χ1v) is 43.8. The molecule has 0 radical (unpaired) electrons. The molecule has 21 aromatic rings. The van der Waals surface area contributed by atoms with Crippen LogP contribution in [0.1, 0.15) is 47.2 Å². The molecular weight excluding hydrogens is 1540 g/mol. The average Bonchev–Trinajstić information content (AvgIpc) is 1.33. The molecule has 604 valence electrons. The monoisotopic (exact) mass is 1630 g/mol. The van der Waals surface area contributed by atoms with Crippen molar-refractivity contribution in [1.82, 2.24) is 4.98 Å². The van der Waals surface area contributed by atoms with Crippen LogP contribution in [0.4, 0.5) is 68.4 Å². The standard InChI is InChI=1S/C64H47N3O.C56H40N2O/c1-40-26-29-49-51(33-40)52-38-55-50-31-28-45(67(62-25-15-16-32-65-62)58-24-14-12-21-46(58)42-17-7-5-8-18-42)37-60(50)68-61-35-41(2)34-54(63(55)61)53(52)39-59(49)66(43-19-9-6-10-20-43)44-27-30-48-47-22-11-13-23-56(47)64(3,4)57(48)36-44;1-37-23-29-46-48(39-24-26-44(27-25-39)57(40-15-7-3-8-16-40)41-17-9-4-10-18-41)35-51-50(49(46)31-37)36-53-47-30-28-45(34-54(47)59-55-33-38(2)32-52(51)56(53)55)58(42-19-11-5-12-20-42)43-21-13-6-14-22-43/h5-39H,1-4H3;3-36H,1-2H3. The number of benzene rings is 20. The van der Waals surface area contributed by atoms with E-state index in [1.807, 2.05) is 18.3 Å². The minimum absolute atomic E-state index is 0.137. The van der Waals surface area contributed by atoms with Gasteiger partial charge in [-0.1, -0.05) is 262 Å². The van der Waals surface area contributed by atoms with Gasteiger partial charge in [0.25, 0.3) is 0 Å². The summed E-state index contributed by atoms with van der Waals surface area (Å²) in [6.45, 7) is 13.5. The largest absolute Gasteiger partial charge is 0.456 e. The highest BCUT2D eigenvalue weighted by Gasteiger charge is 2.37. The first-order valence-electron chi connectivity index (χ1n) is 43.8. The van der Waals surface area contributed by atoms with Gasteiger partial charge in [0.1, 0.15) is 28.8 Å². The van der Waals surface area contributed by atoms with Gasteiger partial charge in [-0.15, -0.1) is 0 Å². The molecule has 7 heteroatoms. The molecule has 3 heterocycles. The molecule has 1 aromatic heterocycles. The number of anilines is 12. The maximum absolute atomic E-state index is 7.11. The molecule has 0 spiro atoms. The maximum Gasteiger partial charge on any atom is 0.137 e. The van der Waals surface area contributed by atoms with Crippen molar-refractivity contribution in [1.29, 1.82) is 0 Å². The molecule has 0 bridgehead atoms. The molecule has 0 N–H and O–H groups in total. The minimum atomic E-state index is -0.137. The Kier molecular flexibility index (Phi) is 18.4. The lowest BCUT2D eigenvalue weighted by Gasteiger charge is -2.30. The van der Waals surface area contributed by atoms with E-state index in [2.05, 4.69) is 462 Å². The highest BCUT2D eigenvalue weighted by Crippen LogP contribution is 2.58. The predicted octanol–water partition coefficient (Wildman–Crippen LogP) is 34.0. The summed E-state index contributed by atoms with van der Waals surface area (Å²) >= 11 is 0. The topological polar surface area (TPSA) is 44.3 Å². The molecule has 0 unspecified atom stereocenters. The second kappa shape index (κ2) is 30.7. The summed E-state index contributed by atoms with van der Waals surface area (Å²) in [4.78, 5) is 14.2. The lowest BCUT2D eigenvalue weighted by Crippen LogP contribution is -2.16. The Morgan fingerprint density at radius 3 is 1.14 bits per heavy atom. The van der Waals surface area contributed by atoms with Gasteiger partial charge in [0.2, 0.25) is 0 Å². The normalized spacial score (nSPS) is 12.4. The molecule has 0 saturated heterocycles. The van der Waals surface area contributed by atoms with Crippen LogP contribution in [0.5, 0.6) is 23.0 Å². The molecule has 0 atom stereocenters. The Labute approximate surface area is 739 Å². The fourth-order valence-corrected chi connectivity index (χ4v) is 20.2. The zero-order valence-electron chi connectivity index (χ0n) is 71.4. The van der Waals surface area contributed by atoms with Crippen molar-refractivity contribution in [3.05, 3.63) is 452 Å². The van der Waals surface area contributed by atoms with Gasteiger partial charge in [-0.2, -0.15) is 0 Å². The van der Waals surface area contributed by atoms with Crippen molar-refractivity contribution in [2.24, 2.45) is 0 Å². The first-order chi connectivity index (χ1) is 62.4. The van der Waals surface area contributed by atoms with Crippen LogP contribution < -0.4 is 29.1 Å². The first kappa shape index (κ1) is 75.8. The van der Waals surface area contributed by atoms with Crippen molar-refractivity contribution >= 4 is 133 Å². The third kappa shape index (κ3) is 13.1. The smallest absolute Gasteiger partial charge is 0.137 e. The van der Waals surface area contributed by atoms with Gasteiger partial charge in [0.05, 0.1) is 17.1 Å². The zero-order valence-corrected chi connectivity index (χ0v) is 71.4. The van der Waals surface area contributed by atoms with Crippen molar-refractivity contribution < 1.29 is 9.47 Å². The number of ether oxygens (including phenoxy) is 2. The van der Waals surface area contributed by atoms with Gasteiger partial charge in [0, 0.05) is 102 Å². The number of fused-ring (bicyclic) bond motifs is 15. The molecule has 1 aliphatic carbocycles. The molecule has 0 saturated carbocycles. The van der Waals surface area contributed by atoms with Crippen molar-refractivity contribution in [3.8, 4) is 78.6 Å². The Morgan fingerprint density at radius 1 is 0.213 bits per heavy atom. The van der Waals surface area contributed by atoms with Gasteiger partial charge in [-0.05, 0) is 301 Å². The van der Waals surface area contributed by atoms with Gasteiger partial charge in [-0.25, -0.2) is 4.98 Å². The molecule has 20 aromatic carbocycles. The highest BCUT2D eigenvalue weighted by atomic mass is 16.5. The fourth-order valence-electron chi connectivity index (χ4n) is 20.2. The van der Waals surface area contributed by atoms with Crippen LogP contribution in [0.2, 0.25) is 0 Å². The van der Waals surface area contributed by atoms with E-state index in [4.69, 9.17) is 14.5 Å². The van der Waals surface area contributed by atoms with Crippen LogP contribution >= 0.6 is 0 Å². The third-order valence-corrected chi connectivity index (χ3v) is 26.0. The van der Waals surface area contributed by atoms with Crippen LogP contribution in [0.3, 0.4) is 0 Å². The summed E-state index contributed by atoms with van der Waals surface area (Å²) in [6.07, 6.45) is 1.86. The third-order valence-electron chi connectivity index (χ3n) is 26.0. The average molecular weight is 1630 g/mol.